The first-order chi connectivity index (χ1) is 37.7. The van der Waals surface area contributed by atoms with Gasteiger partial charge in [0.1, 0.15) is 12.4 Å². The Hall–Kier alpha value is -3.89. The van der Waals surface area contributed by atoms with Crippen LogP contribution in [0, 0.1) is 40.9 Å². The van der Waals surface area contributed by atoms with Gasteiger partial charge in [0.2, 0.25) is 0 Å². The van der Waals surface area contributed by atoms with E-state index in [4.69, 9.17) is 16.1 Å². The van der Waals surface area contributed by atoms with Gasteiger partial charge in [0.25, 0.3) is 0 Å². The predicted octanol–water partition coefficient (Wildman–Crippen LogP) is 8.03. The molecule has 1 aliphatic heterocycles. The van der Waals surface area contributed by atoms with Gasteiger partial charge in [0.15, 0.2) is 0 Å². The van der Waals surface area contributed by atoms with Crippen molar-refractivity contribution < 1.29 is 44.9 Å². The van der Waals surface area contributed by atoms with Crippen LogP contribution in [0.15, 0.2) is 125 Å². The second-order valence-electron chi connectivity index (χ2n) is 24.2. The van der Waals surface area contributed by atoms with E-state index in [0.717, 1.165) is 87.3 Å². The molecule has 9 N–H and O–H groups in total. The standard InChI is InChI=1S/C66H97N3O9/c1-45-21-25-58(59(26-22-49-14-8-7-9-15-49)52-17-11-16-50(35-52)37-64(69-39-45,31-34-77-6)55-19-12-20-56(36-55)68-40-48(4)73)46(2)13-10-18-54(43-78-44-57(74)42-72)60-27-29-66(63(60)75)62-51(28-33-70)23-24-53(61(62)47(3)41-71)38-65(66,76)30-32-67-5/h7-11,13-18,21,23-24,35,41,48,51,53,55-60,62-63,67-70,72-76H,2,12,19-20,22,25-34,36-40,42-44H2,1,3-6H3/b13-10+,45-21+,54-18-,61-47?/t48-,51-,53-,55-,56+,57+,58-,59-,60-,62-,63+,64+,65+,66+/m0/s1. The van der Waals surface area contributed by atoms with E-state index in [2.05, 4.69) is 102 Å². The molecule has 7 rings (SSSR count). The zero-order valence-corrected chi connectivity index (χ0v) is 47.8. The molecule has 0 amide bonds. The number of carbonyl (C=O) groups is 1. The molecule has 78 heavy (non-hydrogen) atoms. The summed E-state index contributed by atoms with van der Waals surface area (Å²) in [6, 6.07) is 20.4. The molecule has 3 saturated carbocycles. The number of allylic oxidation sites excluding steroid dienone is 9. The van der Waals surface area contributed by atoms with Gasteiger partial charge in [-0.3, -0.25) is 4.79 Å². The van der Waals surface area contributed by atoms with Gasteiger partial charge in [0.05, 0.1) is 37.6 Å². The fourth-order valence-electron chi connectivity index (χ4n) is 15.1. The molecule has 430 valence electrons. The fraction of sp³-hybridized carbons (Fsp3) is 0.621. The minimum Gasteiger partial charge on any atom is -0.396 e. The molecule has 3 fully saturated rings. The number of aryl methyl sites for hydroxylation is 1. The second-order valence-corrected chi connectivity index (χ2v) is 24.2. The first-order valence-electron chi connectivity index (χ1n) is 29.5. The van der Waals surface area contributed by atoms with Gasteiger partial charge in [-0.25, -0.2) is 0 Å². The Bertz CT molecular complexity index is 2400. The van der Waals surface area contributed by atoms with Crippen LogP contribution in [0.1, 0.15) is 120 Å². The zero-order chi connectivity index (χ0) is 55.9. The highest BCUT2D eigenvalue weighted by Crippen LogP contribution is 2.67. The number of benzene rings is 2. The fourth-order valence-corrected chi connectivity index (χ4v) is 15.1. The molecule has 12 nitrogen and oxygen atoms in total. The average Bonchev–Trinajstić information content (AvgIpc) is 3.96. The topological polar surface area (TPSA) is 193 Å². The van der Waals surface area contributed by atoms with Crippen molar-refractivity contribution in [2.45, 2.75) is 152 Å². The summed E-state index contributed by atoms with van der Waals surface area (Å²) in [4.78, 5) is 12.6. The van der Waals surface area contributed by atoms with E-state index in [1.165, 1.54) is 22.3 Å². The number of ether oxygens (including phenoxy) is 2. The van der Waals surface area contributed by atoms with E-state index in [-0.39, 0.29) is 54.9 Å². The minimum absolute atomic E-state index is 0.0338. The maximum absolute atomic E-state index is 13.2. The molecular weight excluding hydrogens is 979 g/mol. The molecule has 1 heterocycles. The van der Waals surface area contributed by atoms with Gasteiger partial charge in [-0.15, -0.1) is 0 Å². The van der Waals surface area contributed by atoms with Gasteiger partial charge < -0.3 is 56.1 Å². The van der Waals surface area contributed by atoms with Crippen LogP contribution >= 0.6 is 0 Å². The molecule has 12 heteroatoms. The number of methoxy groups -OCH3 is 1. The van der Waals surface area contributed by atoms with E-state index in [0.29, 0.717) is 69.3 Å². The van der Waals surface area contributed by atoms with Gasteiger partial charge in [-0.2, -0.15) is 0 Å². The SMILES string of the molecule is C=C(/C=C/C=C(/COC[C@H](O)CO)[C@@H]1CC[C@]2([C@@H]1O)[C@@H]1C(=C(C)C=O)[C@@H](C=C[C@H]1CCO)C[C@]2(O)CCNC)[C@@H]1C/C=C(\C)CN[C@@](CCOC)([C@H]2CCC[C@@H](NC[C@H](C)O)C2)Cc2cccc(c2)[C@@H]1CCc1ccccc1. The predicted molar refractivity (Wildman–Crippen MR) is 312 cm³/mol. The third kappa shape index (κ3) is 14.6. The monoisotopic (exact) mass is 1080 g/mol. The highest BCUT2D eigenvalue weighted by molar-refractivity contribution is 5.74. The number of nitrogens with one attached hydrogen (secondary N) is 3. The van der Waals surface area contributed by atoms with Crippen molar-refractivity contribution in [2.75, 3.05) is 66.8 Å². The van der Waals surface area contributed by atoms with E-state index in [9.17, 15) is 35.4 Å². The lowest BCUT2D eigenvalue weighted by atomic mass is 9.45. The third-order valence-electron chi connectivity index (χ3n) is 19.1. The number of aliphatic hydroxyl groups excluding tert-OH is 5. The van der Waals surface area contributed by atoms with Crippen LogP contribution < -0.4 is 16.0 Å². The van der Waals surface area contributed by atoms with Gasteiger partial charge in [0, 0.05) is 62.2 Å². The Labute approximate surface area is 467 Å². The van der Waals surface area contributed by atoms with Crippen molar-refractivity contribution in [1.82, 2.24) is 16.0 Å². The zero-order valence-electron chi connectivity index (χ0n) is 47.8. The normalized spacial score (nSPS) is 33.7. The van der Waals surface area contributed by atoms with Crippen LogP contribution in [-0.2, 0) is 27.1 Å². The average molecular weight is 1080 g/mol. The van der Waals surface area contributed by atoms with Crippen molar-refractivity contribution in [3.63, 3.8) is 0 Å². The molecular formula is C66H97N3O9. The lowest BCUT2D eigenvalue weighted by Gasteiger charge is -2.61. The summed E-state index contributed by atoms with van der Waals surface area (Å²) in [5.41, 5.74) is 5.98. The van der Waals surface area contributed by atoms with Crippen LogP contribution in [0.4, 0.5) is 0 Å². The molecule has 0 unspecified atom stereocenters. The molecule has 0 aromatic heterocycles. The number of rotatable bonds is 25. The van der Waals surface area contributed by atoms with Gasteiger partial charge in [-0.1, -0.05) is 121 Å². The van der Waals surface area contributed by atoms with E-state index >= 15 is 0 Å². The van der Waals surface area contributed by atoms with Crippen molar-refractivity contribution in [1.29, 1.82) is 0 Å². The molecule has 5 aliphatic rings. The van der Waals surface area contributed by atoms with Gasteiger partial charge in [-0.05, 0) is 175 Å². The molecule has 2 aromatic rings. The summed E-state index contributed by atoms with van der Waals surface area (Å²) >= 11 is 0. The lowest BCUT2D eigenvalue weighted by Crippen LogP contribution is -2.65. The Morgan fingerprint density at radius 2 is 1.83 bits per heavy atom. The maximum Gasteiger partial charge on any atom is 0.145 e. The van der Waals surface area contributed by atoms with Crippen LogP contribution in [0.2, 0.25) is 0 Å². The van der Waals surface area contributed by atoms with Crippen LogP contribution in [0.25, 0.3) is 0 Å². The molecule has 0 saturated heterocycles. The van der Waals surface area contributed by atoms with Crippen molar-refractivity contribution in [2.24, 2.45) is 40.9 Å². The molecule has 2 aromatic carbocycles. The third-order valence-corrected chi connectivity index (χ3v) is 19.1. The van der Waals surface area contributed by atoms with Gasteiger partial charge >= 0.3 is 0 Å². The first kappa shape index (κ1) is 61.7. The summed E-state index contributed by atoms with van der Waals surface area (Å²) in [5, 5.41) is 78.2. The Kier molecular flexibility index (Phi) is 23.1. The molecule has 0 radical (unpaired) electrons. The second kappa shape index (κ2) is 29.2. The van der Waals surface area contributed by atoms with Crippen LogP contribution in [0.5, 0.6) is 0 Å². The number of hydrogen-bond donors (Lipinski definition) is 9. The number of carbonyl (C=O) groups excluding carboxylic acids is 1. The largest absolute Gasteiger partial charge is 0.396 e. The summed E-state index contributed by atoms with van der Waals surface area (Å²) in [6.45, 7) is 12.8. The van der Waals surface area contributed by atoms with E-state index in [1.54, 1.807) is 7.11 Å². The van der Waals surface area contributed by atoms with Crippen molar-refractivity contribution in [3.05, 3.63) is 142 Å². The summed E-state index contributed by atoms with van der Waals surface area (Å²) in [5.74, 6) is -0.615. The Balaban J connectivity index is 1.26. The lowest BCUT2D eigenvalue weighted by molar-refractivity contribution is -0.194. The Morgan fingerprint density at radius 3 is 2.56 bits per heavy atom. The van der Waals surface area contributed by atoms with E-state index < -0.39 is 41.9 Å². The Morgan fingerprint density at radius 1 is 1.03 bits per heavy atom. The number of fused-ring (bicyclic) bond motifs is 5. The molecule has 4 aliphatic carbocycles. The summed E-state index contributed by atoms with van der Waals surface area (Å²) in [7, 11) is 3.67. The molecule has 1 spiro atoms. The molecule has 14 atom stereocenters. The number of aliphatic hydroxyl groups is 6. The molecule has 4 bridgehead atoms. The summed E-state index contributed by atoms with van der Waals surface area (Å²) < 4.78 is 12.0. The smallest absolute Gasteiger partial charge is 0.145 e. The van der Waals surface area contributed by atoms with Crippen molar-refractivity contribution >= 4 is 6.29 Å². The first-order valence-corrected chi connectivity index (χ1v) is 29.5. The number of hydrogen-bond acceptors (Lipinski definition) is 12. The quantitative estimate of drug-likeness (QED) is 0.0202. The van der Waals surface area contributed by atoms with Crippen LogP contribution in [0.3, 0.4) is 0 Å². The van der Waals surface area contributed by atoms with E-state index in [1.807, 2.05) is 33.0 Å². The minimum atomic E-state index is -1.30. The number of aldehydes is 1. The summed E-state index contributed by atoms with van der Waals surface area (Å²) in [6.07, 6.45) is 22.2. The highest BCUT2D eigenvalue weighted by atomic mass is 16.5. The highest BCUT2D eigenvalue weighted by Gasteiger charge is 2.68. The maximum atomic E-state index is 13.2. The van der Waals surface area contributed by atoms with Crippen molar-refractivity contribution in [3.8, 4) is 0 Å². The van der Waals surface area contributed by atoms with Crippen LogP contribution in [-0.4, -0.2) is 139 Å².